The molecule has 2 rings (SSSR count). The van der Waals surface area contributed by atoms with E-state index in [2.05, 4.69) is 5.32 Å². The van der Waals surface area contributed by atoms with E-state index in [4.69, 9.17) is 4.74 Å². The van der Waals surface area contributed by atoms with E-state index in [1.165, 1.54) is 19.3 Å². The summed E-state index contributed by atoms with van der Waals surface area (Å²) >= 11 is 0. The number of cyclic esters (lactones) is 1. The standard InChI is InChI=1S/C8H14O2.C6H7N/c9-8-6-4-2-1-3-5-7-10-8;1-2-4-6-7-5-3-1/h1-7H2;1-7H. The van der Waals surface area contributed by atoms with E-state index in [1.807, 2.05) is 36.7 Å². The lowest BCUT2D eigenvalue weighted by atomic mass is 10.1. The van der Waals surface area contributed by atoms with Crippen molar-refractivity contribution >= 4 is 5.97 Å². The average Bonchev–Trinajstić information content (AvgIpc) is 2.59. The minimum absolute atomic E-state index is 0.0121. The first-order valence-electron chi connectivity index (χ1n) is 6.29. The smallest absolute Gasteiger partial charge is 0.305 e. The van der Waals surface area contributed by atoms with Gasteiger partial charge in [0.1, 0.15) is 0 Å². The molecule has 17 heavy (non-hydrogen) atoms. The summed E-state index contributed by atoms with van der Waals surface area (Å²) < 4.78 is 4.92. The van der Waals surface area contributed by atoms with Gasteiger partial charge in [-0.3, -0.25) is 4.79 Å². The highest BCUT2D eigenvalue weighted by molar-refractivity contribution is 5.69. The Morgan fingerprint density at radius 2 is 1.53 bits per heavy atom. The third-order valence-corrected chi connectivity index (χ3v) is 2.51. The van der Waals surface area contributed by atoms with Crippen molar-refractivity contribution in [2.45, 2.75) is 38.5 Å². The van der Waals surface area contributed by atoms with Gasteiger partial charge in [-0.2, -0.15) is 0 Å². The highest BCUT2D eigenvalue weighted by Crippen LogP contribution is 2.09. The van der Waals surface area contributed by atoms with E-state index in [-0.39, 0.29) is 5.97 Å². The molecular formula is C14H21NO2. The molecule has 1 N–H and O–H groups in total. The summed E-state index contributed by atoms with van der Waals surface area (Å²) in [5.74, 6) is -0.0121. The van der Waals surface area contributed by atoms with Crippen molar-refractivity contribution in [1.29, 1.82) is 0 Å². The summed E-state index contributed by atoms with van der Waals surface area (Å²) in [6.07, 6.45) is 17.9. The Labute approximate surface area is 103 Å². The lowest BCUT2D eigenvalue weighted by Crippen LogP contribution is -2.03. The number of nitrogens with one attached hydrogen (secondary N) is 1. The number of carbonyl (C=O) groups is 1. The van der Waals surface area contributed by atoms with Crippen molar-refractivity contribution in [3.8, 4) is 0 Å². The van der Waals surface area contributed by atoms with Crippen LogP contribution < -0.4 is 5.32 Å². The van der Waals surface area contributed by atoms with Gasteiger partial charge in [0.15, 0.2) is 0 Å². The van der Waals surface area contributed by atoms with Crippen molar-refractivity contribution in [3.63, 3.8) is 0 Å². The fraction of sp³-hybridized carbons (Fsp3) is 0.500. The molecule has 0 aromatic carbocycles. The van der Waals surface area contributed by atoms with Crippen LogP contribution in [0.3, 0.4) is 0 Å². The van der Waals surface area contributed by atoms with Crippen LogP contribution in [0, 0.1) is 0 Å². The fourth-order valence-electron chi connectivity index (χ4n) is 1.57. The molecule has 0 atom stereocenters. The molecule has 0 radical (unpaired) electrons. The topological polar surface area (TPSA) is 38.3 Å². The van der Waals surface area contributed by atoms with Gasteiger partial charge < -0.3 is 10.1 Å². The highest BCUT2D eigenvalue weighted by Gasteiger charge is 2.04. The molecule has 0 aromatic rings. The van der Waals surface area contributed by atoms with Crippen molar-refractivity contribution in [2.75, 3.05) is 6.61 Å². The Morgan fingerprint density at radius 3 is 2.29 bits per heavy atom. The maximum Gasteiger partial charge on any atom is 0.305 e. The number of carbonyl (C=O) groups excluding carboxylic acids is 1. The molecule has 0 unspecified atom stereocenters. The second-order valence-electron chi connectivity index (χ2n) is 4.01. The van der Waals surface area contributed by atoms with Crippen molar-refractivity contribution in [1.82, 2.24) is 5.32 Å². The number of allylic oxidation sites excluding steroid dienone is 4. The van der Waals surface area contributed by atoms with Crippen LogP contribution in [0.1, 0.15) is 38.5 Å². The summed E-state index contributed by atoms with van der Waals surface area (Å²) in [6, 6.07) is 0. The molecule has 3 nitrogen and oxygen atoms in total. The Balaban J connectivity index is 0.000000181. The predicted molar refractivity (Wildman–Crippen MR) is 69.2 cm³/mol. The highest BCUT2D eigenvalue weighted by atomic mass is 16.5. The second kappa shape index (κ2) is 9.70. The summed E-state index contributed by atoms with van der Waals surface area (Å²) in [5, 5.41) is 2.92. The first-order valence-corrected chi connectivity index (χ1v) is 6.29. The SMILES string of the molecule is C1=CC=CNC=C1.O=C1CCCCCCCO1. The summed E-state index contributed by atoms with van der Waals surface area (Å²) in [4.78, 5) is 10.8. The van der Waals surface area contributed by atoms with Gasteiger partial charge in [0.2, 0.25) is 0 Å². The van der Waals surface area contributed by atoms with Crippen LogP contribution in [0.2, 0.25) is 0 Å². The number of esters is 1. The summed E-state index contributed by atoms with van der Waals surface area (Å²) in [6.45, 7) is 0.638. The van der Waals surface area contributed by atoms with Gasteiger partial charge >= 0.3 is 5.97 Å². The fourth-order valence-corrected chi connectivity index (χ4v) is 1.57. The number of ether oxygens (including phenoxy) is 1. The largest absolute Gasteiger partial charge is 0.466 e. The molecule has 0 spiro atoms. The van der Waals surface area contributed by atoms with E-state index >= 15 is 0 Å². The third-order valence-electron chi connectivity index (χ3n) is 2.51. The van der Waals surface area contributed by atoms with Gasteiger partial charge in [0, 0.05) is 18.8 Å². The minimum atomic E-state index is -0.0121. The van der Waals surface area contributed by atoms with Crippen LogP contribution in [0.25, 0.3) is 0 Å². The molecule has 0 aromatic heterocycles. The maximum absolute atomic E-state index is 10.8. The molecule has 0 aliphatic carbocycles. The van der Waals surface area contributed by atoms with E-state index < -0.39 is 0 Å². The van der Waals surface area contributed by atoms with Gasteiger partial charge in [-0.1, -0.05) is 31.4 Å². The molecule has 94 valence electrons. The zero-order chi connectivity index (χ0) is 12.2. The average molecular weight is 235 g/mol. The molecule has 0 saturated carbocycles. The van der Waals surface area contributed by atoms with Crippen LogP contribution in [0.4, 0.5) is 0 Å². The van der Waals surface area contributed by atoms with Crippen LogP contribution in [-0.2, 0) is 9.53 Å². The van der Waals surface area contributed by atoms with E-state index in [0.717, 1.165) is 12.8 Å². The first-order chi connectivity index (χ1) is 8.39. The predicted octanol–water partition coefficient (Wildman–Crippen LogP) is 3.06. The van der Waals surface area contributed by atoms with Crippen LogP contribution >= 0.6 is 0 Å². The number of rotatable bonds is 0. The minimum Gasteiger partial charge on any atom is -0.466 e. The molecule has 1 fully saturated rings. The van der Waals surface area contributed by atoms with Crippen molar-refractivity contribution in [2.24, 2.45) is 0 Å². The maximum atomic E-state index is 10.8. The lowest BCUT2D eigenvalue weighted by molar-refractivity contribution is -0.143. The molecule has 2 aliphatic rings. The lowest BCUT2D eigenvalue weighted by Gasteiger charge is -1.99. The van der Waals surface area contributed by atoms with E-state index in [1.54, 1.807) is 0 Å². The molecule has 0 bridgehead atoms. The van der Waals surface area contributed by atoms with Gasteiger partial charge in [0.05, 0.1) is 6.61 Å². The third kappa shape index (κ3) is 8.31. The number of hydrogen-bond acceptors (Lipinski definition) is 3. The summed E-state index contributed by atoms with van der Waals surface area (Å²) in [5.41, 5.74) is 0. The molecular weight excluding hydrogens is 214 g/mol. The molecule has 2 heterocycles. The zero-order valence-corrected chi connectivity index (χ0v) is 10.2. The van der Waals surface area contributed by atoms with Crippen LogP contribution in [0.15, 0.2) is 36.7 Å². The summed E-state index contributed by atoms with van der Waals surface area (Å²) in [7, 11) is 0. The van der Waals surface area contributed by atoms with E-state index in [0.29, 0.717) is 13.0 Å². The van der Waals surface area contributed by atoms with E-state index in [9.17, 15) is 4.79 Å². The Bertz CT molecular complexity index is 267. The number of hydrogen-bond donors (Lipinski definition) is 1. The quantitative estimate of drug-likeness (QED) is 0.656. The Kier molecular flexibility index (Phi) is 7.73. The molecule has 3 heteroatoms. The van der Waals surface area contributed by atoms with Crippen molar-refractivity contribution < 1.29 is 9.53 Å². The molecule has 1 saturated heterocycles. The monoisotopic (exact) mass is 235 g/mol. The van der Waals surface area contributed by atoms with Gasteiger partial charge in [0.25, 0.3) is 0 Å². The van der Waals surface area contributed by atoms with Crippen LogP contribution in [-0.4, -0.2) is 12.6 Å². The van der Waals surface area contributed by atoms with Gasteiger partial charge in [-0.05, 0) is 25.0 Å². The Hall–Kier alpha value is -1.51. The molecule has 2 aliphatic heterocycles. The van der Waals surface area contributed by atoms with Crippen molar-refractivity contribution in [3.05, 3.63) is 36.7 Å². The zero-order valence-electron chi connectivity index (χ0n) is 10.2. The second-order valence-corrected chi connectivity index (χ2v) is 4.01. The van der Waals surface area contributed by atoms with Crippen LogP contribution in [0.5, 0.6) is 0 Å². The van der Waals surface area contributed by atoms with Gasteiger partial charge in [-0.25, -0.2) is 0 Å². The molecule has 0 amide bonds. The van der Waals surface area contributed by atoms with Gasteiger partial charge in [-0.15, -0.1) is 0 Å². The Morgan fingerprint density at radius 1 is 0.882 bits per heavy atom. The normalized spacial score (nSPS) is 19.6. The first kappa shape index (κ1) is 13.6.